The molecule has 1 aliphatic heterocycles. The van der Waals surface area contributed by atoms with Crippen molar-refractivity contribution in [2.45, 2.75) is 64.7 Å². The Morgan fingerprint density at radius 3 is 2.78 bits per heavy atom. The van der Waals surface area contributed by atoms with E-state index >= 15 is 0 Å². The number of nitrogens with zero attached hydrogens (tertiary/aromatic N) is 2. The SMILES string of the molecule is CO[C@H]([C@@H](C)C(=O)NCCc1cnc[nH]1)[C@@H]1CCCN1C(=O)OC(C)(C)C. The minimum atomic E-state index is -0.553. The molecule has 152 valence electrons. The molecule has 8 heteroatoms. The molecule has 0 aromatic carbocycles. The number of rotatable bonds is 7. The minimum Gasteiger partial charge on any atom is -0.444 e. The molecule has 1 fully saturated rings. The zero-order valence-electron chi connectivity index (χ0n) is 16.9. The average molecular weight is 380 g/mol. The minimum absolute atomic E-state index is 0.0857. The van der Waals surface area contributed by atoms with E-state index in [2.05, 4.69) is 15.3 Å². The molecule has 27 heavy (non-hydrogen) atoms. The molecule has 3 atom stereocenters. The Balaban J connectivity index is 1.94. The predicted octanol–water partition coefficient (Wildman–Crippen LogP) is 2.12. The average Bonchev–Trinajstić information content (AvgIpc) is 3.25. The number of H-pyrrole nitrogens is 1. The summed E-state index contributed by atoms with van der Waals surface area (Å²) in [6.07, 6.45) is 4.98. The van der Waals surface area contributed by atoms with Crippen LogP contribution in [-0.2, 0) is 20.7 Å². The van der Waals surface area contributed by atoms with Crippen LogP contribution in [0.25, 0.3) is 0 Å². The zero-order valence-corrected chi connectivity index (χ0v) is 16.9. The van der Waals surface area contributed by atoms with Crippen molar-refractivity contribution in [2.24, 2.45) is 5.92 Å². The molecule has 1 saturated heterocycles. The van der Waals surface area contributed by atoms with Gasteiger partial charge in [0, 0.05) is 38.5 Å². The Hall–Kier alpha value is -2.09. The Morgan fingerprint density at radius 1 is 1.44 bits per heavy atom. The van der Waals surface area contributed by atoms with E-state index < -0.39 is 5.60 Å². The van der Waals surface area contributed by atoms with Crippen molar-refractivity contribution in [3.63, 3.8) is 0 Å². The normalized spacial score (nSPS) is 19.6. The van der Waals surface area contributed by atoms with Gasteiger partial charge in [-0.1, -0.05) is 6.92 Å². The third kappa shape index (κ3) is 5.95. The van der Waals surface area contributed by atoms with Gasteiger partial charge in [0.1, 0.15) is 5.60 Å². The van der Waals surface area contributed by atoms with Crippen molar-refractivity contribution in [3.05, 3.63) is 18.2 Å². The highest BCUT2D eigenvalue weighted by Crippen LogP contribution is 2.28. The van der Waals surface area contributed by atoms with Crippen molar-refractivity contribution in [2.75, 3.05) is 20.2 Å². The first kappa shape index (κ1) is 21.2. The van der Waals surface area contributed by atoms with Crippen LogP contribution in [0.4, 0.5) is 4.79 Å². The molecule has 0 aliphatic carbocycles. The number of hydrogen-bond donors (Lipinski definition) is 2. The van der Waals surface area contributed by atoms with E-state index in [4.69, 9.17) is 9.47 Å². The van der Waals surface area contributed by atoms with Crippen LogP contribution < -0.4 is 5.32 Å². The number of ether oxygens (including phenoxy) is 2. The second-order valence-corrected chi connectivity index (χ2v) is 7.99. The molecule has 2 heterocycles. The smallest absolute Gasteiger partial charge is 0.410 e. The highest BCUT2D eigenvalue weighted by molar-refractivity contribution is 5.79. The first-order chi connectivity index (χ1) is 12.7. The molecule has 0 spiro atoms. The van der Waals surface area contributed by atoms with E-state index in [0.717, 1.165) is 18.5 Å². The monoisotopic (exact) mass is 380 g/mol. The number of nitrogens with one attached hydrogen (secondary N) is 2. The predicted molar refractivity (Wildman–Crippen MR) is 101 cm³/mol. The summed E-state index contributed by atoms with van der Waals surface area (Å²) in [7, 11) is 1.59. The third-order valence-corrected chi connectivity index (χ3v) is 4.73. The number of aromatic nitrogens is 2. The van der Waals surface area contributed by atoms with Crippen molar-refractivity contribution in [1.82, 2.24) is 20.2 Å². The number of likely N-dealkylation sites (tertiary alicyclic amines) is 1. The Bertz CT molecular complexity index is 612. The van der Waals surface area contributed by atoms with Gasteiger partial charge in [-0.3, -0.25) is 4.79 Å². The Morgan fingerprint density at radius 2 is 2.19 bits per heavy atom. The lowest BCUT2D eigenvalue weighted by atomic mass is 9.95. The number of imidazole rings is 1. The quantitative estimate of drug-likeness (QED) is 0.755. The van der Waals surface area contributed by atoms with E-state index in [-0.39, 0.29) is 30.1 Å². The van der Waals surface area contributed by atoms with Crippen molar-refractivity contribution < 1.29 is 19.1 Å². The number of methoxy groups -OCH3 is 1. The fourth-order valence-electron chi connectivity index (χ4n) is 3.43. The molecule has 1 aromatic rings. The fourth-order valence-corrected chi connectivity index (χ4v) is 3.43. The molecule has 2 N–H and O–H groups in total. The summed E-state index contributed by atoms with van der Waals surface area (Å²) < 4.78 is 11.2. The van der Waals surface area contributed by atoms with E-state index in [0.29, 0.717) is 19.5 Å². The maximum absolute atomic E-state index is 12.6. The summed E-state index contributed by atoms with van der Waals surface area (Å²) in [5.41, 5.74) is 0.417. The number of aromatic amines is 1. The summed E-state index contributed by atoms with van der Waals surface area (Å²) in [6.45, 7) is 8.51. The second kappa shape index (κ2) is 9.21. The van der Waals surface area contributed by atoms with Gasteiger partial charge in [0.15, 0.2) is 0 Å². The van der Waals surface area contributed by atoms with Crippen molar-refractivity contribution in [3.8, 4) is 0 Å². The summed E-state index contributed by atoms with van der Waals surface area (Å²) in [5, 5.41) is 2.94. The van der Waals surface area contributed by atoms with Crippen LogP contribution in [0.1, 0.15) is 46.2 Å². The van der Waals surface area contributed by atoms with E-state index in [1.165, 1.54) is 0 Å². The molecule has 8 nitrogen and oxygen atoms in total. The first-order valence-corrected chi connectivity index (χ1v) is 9.50. The van der Waals surface area contributed by atoms with E-state index in [1.54, 1.807) is 24.5 Å². The van der Waals surface area contributed by atoms with Gasteiger partial charge in [0.05, 0.1) is 24.4 Å². The van der Waals surface area contributed by atoms with Crippen LogP contribution >= 0.6 is 0 Å². The number of carbonyl (C=O) groups excluding carboxylic acids is 2. The molecule has 0 radical (unpaired) electrons. The molecule has 2 amide bonds. The van der Waals surface area contributed by atoms with Crippen LogP contribution in [0.2, 0.25) is 0 Å². The van der Waals surface area contributed by atoms with Crippen LogP contribution in [0, 0.1) is 5.92 Å². The van der Waals surface area contributed by atoms with Crippen LogP contribution in [0.5, 0.6) is 0 Å². The number of carbonyl (C=O) groups is 2. The Labute approximate surface area is 161 Å². The standard InChI is InChI=1S/C19H32N4O4/c1-13(17(24)21-9-8-14-11-20-12-22-14)16(26-5)15-7-6-10-23(15)18(25)27-19(2,3)4/h11-13,15-16H,6-10H2,1-5H3,(H,20,22)(H,21,24)/t13-,15+,16-/m1/s1. The maximum atomic E-state index is 12.6. The van der Waals surface area contributed by atoms with Gasteiger partial charge in [-0.25, -0.2) is 9.78 Å². The lowest BCUT2D eigenvalue weighted by Crippen LogP contribution is -2.50. The molecule has 0 unspecified atom stereocenters. The highest BCUT2D eigenvalue weighted by atomic mass is 16.6. The topological polar surface area (TPSA) is 96.5 Å². The largest absolute Gasteiger partial charge is 0.444 e. The van der Waals surface area contributed by atoms with Gasteiger partial charge < -0.3 is 24.7 Å². The van der Waals surface area contributed by atoms with Crippen molar-refractivity contribution >= 4 is 12.0 Å². The number of amides is 2. The molecule has 1 aliphatic rings. The lowest BCUT2D eigenvalue weighted by Gasteiger charge is -2.34. The lowest BCUT2D eigenvalue weighted by molar-refractivity contribution is -0.130. The first-order valence-electron chi connectivity index (χ1n) is 9.50. The molecular formula is C19H32N4O4. The maximum Gasteiger partial charge on any atom is 0.410 e. The molecule has 2 rings (SSSR count). The van der Waals surface area contributed by atoms with Crippen LogP contribution in [0.15, 0.2) is 12.5 Å². The van der Waals surface area contributed by atoms with E-state index in [1.807, 2.05) is 27.7 Å². The zero-order chi connectivity index (χ0) is 20.0. The number of hydrogen-bond acceptors (Lipinski definition) is 5. The summed E-state index contributed by atoms with van der Waals surface area (Å²) in [4.78, 5) is 33.8. The third-order valence-electron chi connectivity index (χ3n) is 4.73. The summed E-state index contributed by atoms with van der Waals surface area (Å²) >= 11 is 0. The fraction of sp³-hybridized carbons (Fsp3) is 0.737. The van der Waals surface area contributed by atoms with Gasteiger partial charge in [-0.2, -0.15) is 0 Å². The molecule has 0 saturated carbocycles. The Kier molecular flexibility index (Phi) is 7.24. The second-order valence-electron chi connectivity index (χ2n) is 7.99. The van der Waals surface area contributed by atoms with Gasteiger partial charge in [-0.05, 0) is 33.6 Å². The van der Waals surface area contributed by atoms with E-state index in [9.17, 15) is 9.59 Å². The summed E-state index contributed by atoms with van der Waals surface area (Å²) in [6, 6.07) is -0.168. The molecular weight excluding hydrogens is 348 g/mol. The summed E-state index contributed by atoms with van der Waals surface area (Å²) in [5.74, 6) is -0.470. The molecule has 1 aromatic heterocycles. The highest BCUT2D eigenvalue weighted by Gasteiger charge is 2.41. The van der Waals surface area contributed by atoms with Crippen LogP contribution in [-0.4, -0.2) is 64.8 Å². The van der Waals surface area contributed by atoms with Gasteiger partial charge in [0.2, 0.25) is 5.91 Å². The van der Waals surface area contributed by atoms with Crippen molar-refractivity contribution in [1.29, 1.82) is 0 Å². The van der Waals surface area contributed by atoms with Gasteiger partial charge >= 0.3 is 6.09 Å². The van der Waals surface area contributed by atoms with Gasteiger partial charge in [-0.15, -0.1) is 0 Å². The molecule has 0 bridgehead atoms. The van der Waals surface area contributed by atoms with Gasteiger partial charge in [0.25, 0.3) is 0 Å². The van der Waals surface area contributed by atoms with Crippen LogP contribution in [0.3, 0.4) is 0 Å².